The molecule has 1 atom stereocenters. The molecule has 0 saturated carbocycles. The fraction of sp³-hybridized carbons (Fsp3) is 0.524. The lowest BCUT2D eigenvalue weighted by atomic mass is 9.91. The molecule has 7 heteroatoms. The fourth-order valence-electron chi connectivity index (χ4n) is 2.57. The summed E-state index contributed by atoms with van der Waals surface area (Å²) in [6, 6.07) is 11.2. The smallest absolute Gasteiger partial charge is 0.318 e. The van der Waals surface area contributed by atoms with Crippen molar-refractivity contribution in [2.45, 2.75) is 38.7 Å². The summed E-state index contributed by atoms with van der Waals surface area (Å²) >= 11 is 0. The van der Waals surface area contributed by atoms with Gasteiger partial charge in [-0.05, 0) is 32.6 Å². The van der Waals surface area contributed by atoms with Crippen LogP contribution < -0.4 is 5.32 Å². The Morgan fingerprint density at radius 3 is 2.00 bits per heavy atom. The van der Waals surface area contributed by atoms with Crippen molar-refractivity contribution in [2.75, 3.05) is 27.2 Å². The SMILES string of the molecule is C[C@@H](C#CC(=O)N(C)C)NC(=O)N1CCC(C(C)(F)F)CC1.[HH].c1ccccc1. The largest absolute Gasteiger partial charge is 0.338 e. The molecule has 5 nitrogen and oxygen atoms in total. The minimum atomic E-state index is -2.70. The van der Waals surface area contributed by atoms with Crippen molar-refractivity contribution < 1.29 is 19.8 Å². The van der Waals surface area contributed by atoms with E-state index in [1.807, 2.05) is 36.4 Å². The van der Waals surface area contributed by atoms with E-state index in [2.05, 4.69) is 17.2 Å². The Bertz CT molecular complexity index is 650. The lowest BCUT2D eigenvalue weighted by molar-refractivity contribution is -0.122. The fourth-order valence-corrected chi connectivity index (χ4v) is 2.57. The number of halogens is 2. The molecule has 156 valence electrons. The van der Waals surface area contributed by atoms with Crippen molar-refractivity contribution in [3.8, 4) is 11.8 Å². The maximum Gasteiger partial charge on any atom is 0.318 e. The predicted octanol–water partition coefficient (Wildman–Crippen LogP) is 3.48. The zero-order chi connectivity index (χ0) is 21.2. The highest BCUT2D eigenvalue weighted by atomic mass is 19.3. The van der Waals surface area contributed by atoms with E-state index < -0.39 is 17.9 Å². The third kappa shape index (κ3) is 8.85. The van der Waals surface area contributed by atoms with Crippen molar-refractivity contribution in [1.29, 1.82) is 0 Å². The van der Waals surface area contributed by atoms with Crippen LogP contribution in [0.5, 0.6) is 0 Å². The number of hydrogen-bond acceptors (Lipinski definition) is 2. The number of hydrogen-bond donors (Lipinski definition) is 1. The Morgan fingerprint density at radius 1 is 1.14 bits per heavy atom. The number of piperidine rings is 1. The Kier molecular flexibility index (Phi) is 9.43. The molecule has 1 aliphatic heterocycles. The van der Waals surface area contributed by atoms with Gasteiger partial charge >= 0.3 is 6.03 Å². The molecule has 0 spiro atoms. The molecular weight excluding hydrogens is 364 g/mol. The molecule has 0 unspecified atom stereocenters. The van der Waals surface area contributed by atoms with Crippen LogP contribution in [-0.2, 0) is 4.79 Å². The molecule has 1 saturated heterocycles. The average molecular weight is 395 g/mol. The van der Waals surface area contributed by atoms with Crippen molar-refractivity contribution >= 4 is 11.9 Å². The van der Waals surface area contributed by atoms with Crippen molar-refractivity contribution in [2.24, 2.45) is 5.92 Å². The van der Waals surface area contributed by atoms with E-state index in [0.29, 0.717) is 13.1 Å². The van der Waals surface area contributed by atoms with Crippen LogP contribution in [0.3, 0.4) is 0 Å². The van der Waals surface area contributed by atoms with Crippen molar-refractivity contribution in [1.82, 2.24) is 15.1 Å². The zero-order valence-electron chi connectivity index (χ0n) is 16.9. The molecule has 1 heterocycles. The highest BCUT2D eigenvalue weighted by Gasteiger charge is 2.37. The third-order valence-corrected chi connectivity index (χ3v) is 4.31. The Hall–Kier alpha value is -2.62. The second-order valence-electron chi connectivity index (χ2n) is 7.01. The molecule has 1 aromatic carbocycles. The third-order valence-electron chi connectivity index (χ3n) is 4.31. The van der Waals surface area contributed by atoms with Gasteiger partial charge in [0.25, 0.3) is 5.91 Å². The molecule has 1 aliphatic rings. The van der Waals surface area contributed by atoms with Crippen LogP contribution >= 0.6 is 0 Å². The Morgan fingerprint density at radius 2 is 1.61 bits per heavy atom. The van der Waals surface area contributed by atoms with Crippen molar-refractivity contribution in [3.05, 3.63) is 36.4 Å². The molecule has 1 fully saturated rings. The Balaban J connectivity index is 0.000000953. The van der Waals surface area contributed by atoms with Gasteiger partial charge in [-0.2, -0.15) is 0 Å². The first-order chi connectivity index (χ1) is 13.1. The van der Waals surface area contributed by atoms with E-state index in [4.69, 9.17) is 0 Å². The van der Waals surface area contributed by atoms with Crippen LogP contribution in [0.15, 0.2) is 36.4 Å². The van der Waals surface area contributed by atoms with E-state index >= 15 is 0 Å². The number of alkyl halides is 2. The number of urea groups is 1. The van der Waals surface area contributed by atoms with Gasteiger partial charge in [0.1, 0.15) is 0 Å². The molecule has 0 bridgehead atoms. The predicted molar refractivity (Wildman–Crippen MR) is 108 cm³/mol. The maximum atomic E-state index is 13.2. The maximum absolute atomic E-state index is 13.2. The van der Waals surface area contributed by atoms with Crippen LogP contribution in [0.1, 0.15) is 28.1 Å². The highest BCUT2D eigenvalue weighted by molar-refractivity contribution is 5.93. The molecule has 1 N–H and O–H groups in total. The number of amides is 3. The molecule has 3 amide bonds. The van der Waals surface area contributed by atoms with Gasteiger partial charge in [-0.25, -0.2) is 13.6 Å². The minimum Gasteiger partial charge on any atom is -0.338 e. The quantitative estimate of drug-likeness (QED) is 0.780. The molecule has 1 aromatic rings. The van der Waals surface area contributed by atoms with Crippen LogP contribution in [-0.4, -0.2) is 60.9 Å². The molecule has 28 heavy (non-hydrogen) atoms. The number of likely N-dealkylation sites (tertiary alicyclic amines) is 1. The van der Waals surface area contributed by atoms with Gasteiger partial charge in [0.15, 0.2) is 0 Å². The minimum absolute atomic E-state index is 0. The molecule has 0 aromatic heterocycles. The van der Waals surface area contributed by atoms with Crippen LogP contribution in [0.4, 0.5) is 13.6 Å². The summed E-state index contributed by atoms with van der Waals surface area (Å²) in [6.07, 6.45) is 0.576. The summed E-state index contributed by atoms with van der Waals surface area (Å²) in [5, 5.41) is 2.65. The summed E-state index contributed by atoms with van der Waals surface area (Å²) in [5.74, 6) is 1.35. The molecule has 0 radical (unpaired) electrons. The summed E-state index contributed by atoms with van der Waals surface area (Å²) < 4.78 is 26.4. The number of nitrogens with zero attached hydrogens (tertiary/aromatic N) is 2. The van der Waals surface area contributed by atoms with Gasteiger partial charge in [0.2, 0.25) is 5.92 Å². The van der Waals surface area contributed by atoms with Crippen LogP contribution in [0.25, 0.3) is 0 Å². The van der Waals surface area contributed by atoms with Gasteiger partial charge in [-0.3, -0.25) is 4.79 Å². The second kappa shape index (κ2) is 11.3. The number of nitrogens with one attached hydrogen (secondary N) is 1. The van der Waals surface area contributed by atoms with Gasteiger partial charge in [-0.1, -0.05) is 42.3 Å². The summed E-state index contributed by atoms with van der Waals surface area (Å²) in [7, 11) is 3.18. The number of carbonyl (C=O) groups is 2. The highest BCUT2D eigenvalue weighted by Crippen LogP contribution is 2.32. The van der Waals surface area contributed by atoms with E-state index in [1.165, 1.54) is 9.80 Å². The molecular formula is C21H31F2N3O2. The summed E-state index contributed by atoms with van der Waals surface area (Å²) in [4.78, 5) is 26.2. The summed E-state index contributed by atoms with van der Waals surface area (Å²) in [5.41, 5.74) is 0. The van der Waals surface area contributed by atoms with E-state index in [1.54, 1.807) is 21.0 Å². The number of benzene rings is 1. The Labute approximate surface area is 167 Å². The van der Waals surface area contributed by atoms with E-state index in [0.717, 1.165) is 6.92 Å². The monoisotopic (exact) mass is 395 g/mol. The lowest BCUT2D eigenvalue weighted by Crippen LogP contribution is -2.48. The van der Waals surface area contributed by atoms with Gasteiger partial charge in [0, 0.05) is 34.5 Å². The zero-order valence-corrected chi connectivity index (χ0v) is 16.9. The van der Waals surface area contributed by atoms with Gasteiger partial charge < -0.3 is 15.1 Å². The topological polar surface area (TPSA) is 52.7 Å². The normalized spacial score (nSPS) is 15.3. The number of carbonyl (C=O) groups excluding carboxylic acids is 2. The first-order valence-electron chi connectivity index (χ1n) is 9.27. The standard InChI is InChI=1S/C15H23F2N3O2.C6H6.H2/c1-11(5-6-13(21)19(3)4)18-14(22)20-9-7-12(8-10-20)15(2,16)17;1-2-4-6-5-3-1;/h11-12H,7-10H2,1-4H3,(H,18,22);1-6H;1H/t11-;;/m0../s1. The number of rotatable bonds is 2. The van der Waals surface area contributed by atoms with E-state index in [-0.39, 0.29) is 26.2 Å². The van der Waals surface area contributed by atoms with Gasteiger partial charge in [-0.15, -0.1) is 0 Å². The second-order valence-corrected chi connectivity index (χ2v) is 7.01. The molecule has 0 aliphatic carbocycles. The lowest BCUT2D eigenvalue weighted by Gasteiger charge is -2.34. The average Bonchev–Trinajstić information content (AvgIpc) is 2.67. The summed E-state index contributed by atoms with van der Waals surface area (Å²) in [6.45, 7) is 3.20. The van der Waals surface area contributed by atoms with Crippen LogP contribution in [0.2, 0.25) is 0 Å². The van der Waals surface area contributed by atoms with Crippen molar-refractivity contribution in [3.63, 3.8) is 0 Å². The first-order valence-corrected chi connectivity index (χ1v) is 9.27. The van der Waals surface area contributed by atoms with Gasteiger partial charge in [0.05, 0.1) is 6.04 Å². The van der Waals surface area contributed by atoms with E-state index in [9.17, 15) is 18.4 Å². The first kappa shape index (κ1) is 23.4. The molecule has 2 rings (SSSR count). The van der Waals surface area contributed by atoms with Crippen LogP contribution in [0, 0.1) is 17.8 Å².